The molecule has 0 aliphatic carbocycles. The lowest BCUT2D eigenvalue weighted by Gasteiger charge is -2.22. The molecule has 0 amide bonds. The summed E-state index contributed by atoms with van der Waals surface area (Å²) >= 11 is 0. The van der Waals surface area contributed by atoms with Gasteiger partial charge < -0.3 is 4.13 Å². The zero-order valence-electron chi connectivity index (χ0n) is 11.9. The summed E-state index contributed by atoms with van der Waals surface area (Å²) in [6, 6.07) is 0. The third-order valence-electron chi connectivity index (χ3n) is 3.02. The first-order valence-corrected chi connectivity index (χ1v) is 9.30. The van der Waals surface area contributed by atoms with Crippen LogP contribution in [0.1, 0.15) is 19.3 Å². The van der Waals surface area contributed by atoms with Gasteiger partial charge in [-0.05, 0) is 0 Å². The molecule has 1 saturated heterocycles. The first kappa shape index (κ1) is 21.1. The van der Waals surface area contributed by atoms with E-state index in [2.05, 4.69) is 4.99 Å². The maximum atomic E-state index is 11.4. The molecule has 0 spiro atoms. The number of amidine groups is 1. The summed E-state index contributed by atoms with van der Waals surface area (Å²) in [5, 5.41) is 0. The molecule has 7 nitrogen and oxygen atoms in total. The molecule has 2 heterocycles. The first-order chi connectivity index (χ1) is 10.7. The molecule has 142 valence electrons. The van der Waals surface area contributed by atoms with Gasteiger partial charge in [0.05, 0.1) is 13.1 Å². The van der Waals surface area contributed by atoms with E-state index in [4.69, 9.17) is 0 Å². The fourth-order valence-corrected chi connectivity index (χ4v) is 3.68. The predicted molar refractivity (Wildman–Crippen MR) is 70.2 cm³/mol. The van der Waals surface area contributed by atoms with Crippen LogP contribution < -0.4 is 4.90 Å². The molecule has 1 fully saturated rings. The molecule has 2 aliphatic heterocycles. The van der Waals surface area contributed by atoms with E-state index in [0.29, 0.717) is 0 Å². The van der Waals surface area contributed by atoms with Crippen molar-refractivity contribution < 1.29 is 48.1 Å². The van der Waals surface area contributed by atoms with Gasteiger partial charge in [-0.1, -0.05) is 0 Å². The number of hydrogen-bond acceptors (Lipinski definition) is 5. The minimum Gasteiger partial charge on any atom is -0.421 e. The lowest BCUT2D eigenvalue weighted by atomic mass is 10.3. The first-order valence-electron chi connectivity index (χ1n) is 6.42. The molecule has 1 unspecified atom stereocenters. The van der Waals surface area contributed by atoms with E-state index in [0.717, 1.165) is 10.7 Å². The largest absolute Gasteiger partial charge is 0.480 e. The van der Waals surface area contributed by atoms with Crippen molar-refractivity contribution in [2.75, 3.05) is 19.6 Å². The normalized spacial score (nSPS) is 22.2. The van der Waals surface area contributed by atoms with E-state index in [9.17, 15) is 43.2 Å². The molecular weight excluding hydrogens is 392 g/mol. The molecule has 2 rings (SSSR count). The fourth-order valence-electron chi connectivity index (χ4n) is 1.97. The maximum Gasteiger partial charge on any atom is 0.480 e. The van der Waals surface area contributed by atoms with Crippen molar-refractivity contribution in [3.05, 3.63) is 4.13 Å². The smallest absolute Gasteiger partial charge is 0.421 e. The summed E-state index contributed by atoms with van der Waals surface area (Å²) in [6.07, 6.45) is 3.95. The molecule has 0 radical (unpaired) electrons. The van der Waals surface area contributed by atoms with E-state index >= 15 is 0 Å². The quantitative estimate of drug-likeness (QED) is 0.678. The summed E-state index contributed by atoms with van der Waals surface area (Å²) < 4.78 is 109. The number of quaternary nitrogens is 1. The van der Waals surface area contributed by atoms with E-state index < -0.39 is 31.1 Å². The van der Waals surface area contributed by atoms with Gasteiger partial charge >= 0.3 is 11.0 Å². The molecule has 2 aliphatic rings. The lowest BCUT2D eigenvalue weighted by molar-refractivity contribution is -0.800. The van der Waals surface area contributed by atoms with Gasteiger partial charge in [0.15, 0.2) is 25.9 Å². The number of rotatable bonds is 2. The van der Waals surface area contributed by atoms with Crippen LogP contribution in [0, 0.1) is 0 Å². The second-order valence-electron chi connectivity index (χ2n) is 4.81. The number of nitrogens with one attached hydrogen (secondary N) is 1. The number of halogens is 6. The van der Waals surface area contributed by atoms with Gasteiger partial charge in [0.1, 0.15) is 0 Å². The summed E-state index contributed by atoms with van der Waals surface area (Å²) in [5.74, 6) is 1.46. The van der Waals surface area contributed by atoms with Crippen molar-refractivity contribution in [3.63, 3.8) is 0 Å². The Morgan fingerprint density at radius 2 is 1.33 bits per heavy atom. The number of alkyl halides is 6. The highest BCUT2D eigenvalue weighted by Gasteiger charge is 2.46. The Bertz CT molecular complexity index is 641. The van der Waals surface area contributed by atoms with Gasteiger partial charge in [0.2, 0.25) is 0 Å². The molecule has 0 aromatic heterocycles. The van der Waals surface area contributed by atoms with Crippen LogP contribution in [0.15, 0.2) is 4.99 Å². The fraction of sp³-hybridized carbons (Fsp3) is 0.889. The van der Waals surface area contributed by atoms with Crippen LogP contribution in [0.2, 0.25) is 0 Å². The van der Waals surface area contributed by atoms with Gasteiger partial charge in [-0.15, -0.1) is 0 Å². The molecule has 1 atom stereocenters. The van der Waals surface area contributed by atoms with Crippen LogP contribution >= 0.6 is 0 Å². The Morgan fingerprint density at radius 3 is 1.75 bits per heavy atom. The molecule has 15 heteroatoms. The van der Waals surface area contributed by atoms with Crippen LogP contribution in [-0.4, -0.2) is 53.3 Å². The topological polar surface area (TPSA) is 99.2 Å². The zero-order valence-corrected chi connectivity index (χ0v) is 13.5. The average Bonchev–Trinajstić information content (AvgIpc) is 2.83. The Morgan fingerprint density at radius 1 is 0.875 bits per heavy atom. The van der Waals surface area contributed by atoms with Gasteiger partial charge in [0.25, 0.3) is 0 Å². The Kier molecular flexibility index (Phi) is 6.27. The van der Waals surface area contributed by atoms with E-state index in [-0.39, 0.29) is 0 Å². The van der Waals surface area contributed by atoms with Crippen molar-refractivity contribution in [1.82, 2.24) is 0 Å². The number of nitrogens with zero attached hydrogens (tertiary/aromatic N) is 2. The number of aliphatic imine (C=N–C) groups is 1. The summed E-state index contributed by atoms with van der Waals surface area (Å²) in [5.41, 5.74) is -12.4. The molecular formula is C9H13F6N3O4S2. The molecule has 0 saturated carbocycles. The van der Waals surface area contributed by atoms with Gasteiger partial charge in [0, 0.05) is 25.8 Å². The Labute approximate surface area is 133 Å². The van der Waals surface area contributed by atoms with Crippen LogP contribution in [0.4, 0.5) is 26.3 Å². The van der Waals surface area contributed by atoms with Gasteiger partial charge in [-0.3, -0.25) is 4.90 Å². The standard InChI is InChI=1S/C7H12N2.C2F6NO4S2/c1-3-7-8-4-2-6-9(7)5-1;3-1(4,5)14(10,11)9-15(12,13)2(6,7)8/h1-6H2;/q;-1/p+1. The molecule has 1 N–H and O–H groups in total. The second kappa shape index (κ2) is 7.13. The third kappa shape index (κ3) is 5.29. The van der Waals surface area contributed by atoms with Crippen LogP contribution in [0.3, 0.4) is 0 Å². The average molecular weight is 405 g/mol. The monoisotopic (exact) mass is 405 g/mol. The third-order valence-corrected chi connectivity index (χ3v) is 5.76. The van der Waals surface area contributed by atoms with Crippen molar-refractivity contribution in [3.8, 4) is 0 Å². The molecule has 0 aromatic rings. The minimum absolute atomic E-state index is 0.778. The van der Waals surface area contributed by atoms with E-state index in [1.807, 2.05) is 0 Å². The lowest BCUT2D eigenvalue weighted by Crippen LogP contribution is -3.13. The van der Waals surface area contributed by atoms with Crippen molar-refractivity contribution in [2.45, 2.75) is 30.3 Å². The number of hydrogen-bond donors (Lipinski definition) is 1. The highest BCUT2D eigenvalue weighted by molar-refractivity contribution is 8.13. The Hall–Kier alpha value is -0.930. The predicted octanol–water partition coefficient (Wildman–Crippen LogP) is 0.527. The van der Waals surface area contributed by atoms with Crippen molar-refractivity contribution >= 4 is 25.9 Å². The van der Waals surface area contributed by atoms with Gasteiger partial charge in [-0.25, -0.2) is 21.8 Å². The SMILES string of the molecule is C1CN=C2CCC[NH+]2C1.O=S(=O)([N-]S(=O)(=O)C(F)(F)F)C(F)(F)F. The summed E-state index contributed by atoms with van der Waals surface area (Å²) in [6.45, 7) is 3.79. The van der Waals surface area contributed by atoms with Crippen LogP contribution in [-0.2, 0) is 20.0 Å². The highest BCUT2D eigenvalue weighted by Crippen LogP contribution is 2.36. The molecule has 0 aromatic carbocycles. The van der Waals surface area contributed by atoms with E-state index in [1.54, 1.807) is 4.90 Å². The number of fused-ring (bicyclic) bond motifs is 1. The molecule has 24 heavy (non-hydrogen) atoms. The second-order valence-corrected chi connectivity index (χ2v) is 8.23. The Balaban J connectivity index is 0.000000267. The summed E-state index contributed by atoms with van der Waals surface area (Å²) in [4.78, 5) is 6.14. The minimum atomic E-state index is -6.72. The van der Waals surface area contributed by atoms with Crippen LogP contribution in [0.25, 0.3) is 4.13 Å². The van der Waals surface area contributed by atoms with Crippen LogP contribution in [0.5, 0.6) is 0 Å². The molecule has 0 bridgehead atoms. The van der Waals surface area contributed by atoms with Gasteiger partial charge in [-0.2, -0.15) is 26.3 Å². The number of sulfonamides is 2. The van der Waals surface area contributed by atoms with E-state index in [1.165, 1.54) is 38.2 Å². The highest BCUT2D eigenvalue weighted by atomic mass is 32.3. The zero-order chi connectivity index (χ0) is 18.8. The van der Waals surface area contributed by atoms with Crippen molar-refractivity contribution in [1.29, 1.82) is 0 Å². The maximum absolute atomic E-state index is 11.4. The summed E-state index contributed by atoms with van der Waals surface area (Å²) in [7, 11) is -13.4. The van der Waals surface area contributed by atoms with Crippen molar-refractivity contribution in [2.24, 2.45) is 4.99 Å².